The Kier molecular flexibility index (Phi) is 8.38. The average molecular weight is 426 g/mol. The van der Waals surface area contributed by atoms with Crippen LogP contribution in [0.4, 0.5) is 10.5 Å². The number of halogens is 1. The Morgan fingerprint density at radius 3 is 2.69 bits per heavy atom. The quantitative estimate of drug-likeness (QED) is 0.656. The lowest BCUT2D eigenvalue weighted by atomic mass is 9.96. The van der Waals surface area contributed by atoms with Gasteiger partial charge in [-0.1, -0.05) is 22.0 Å². The summed E-state index contributed by atoms with van der Waals surface area (Å²) in [5, 5.41) is 5.88. The van der Waals surface area contributed by atoms with Gasteiger partial charge in [0.05, 0.1) is 0 Å². The molecular weight excluding hydrogens is 398 g/mol. The normalized spacial score (nSPS) is 15.0. The molecule has 7 heteroatoms. The van der Waals surface area contributed by atoms with Gasteiger partial charge < -0.3 is 20.3 Å². The molecule has 1 heterocycles. The molecule has 144 valence electrons. The monoisotopic (exact) mass is 425 g/mol. The summed E-state index contributed by atoms with van der Waals surface area (Å²) in [6, 6.07) is 5.63. The Labute approximate surface area is 163 Å². The van der Waals surface area contributed by atoms with E-state index >= 15 is 0 Å². The summed E-state index contributed by atoms with van der Waals surface area (Å²) in [4.78, 5) is 26.4. The van der Waals surface area contributed by atoms with Crippen LogP contribution in [0.3, 0.4) is 0 Å². The molecule has 6 nitrogen and oxygen atoms in total. The van der Waals surface area contributed by atoms with Crippen LogP contribution in [0.25, 0.3) is 0 Å². The molecule has 0 unspecified atom stereocenters. The number of hydrogen-bond donors (Lipinski definition) is 2. The van der Waals surface area contributed by atoms with Gasteiger partial charge in [0.25, 0.3) is 0 Å². The van der Waals surface area contributed by atoms with Crippen LogP contribution in [-0.2, 0) is 9.53 Å². The molecular formula is C19H28BrN3O3. The van der Waals surface area contributed by atoms with Crippen molar-refractivity contribution in [2.75, 3.05) is 38.2 Å². The molecule has 0 aromatic heterocycles. The zero-order valence-electron chi connectivity index (χ0n) is 15.5. The van der Waals surface area contributed by atoms with Gasteiger partial charge in [0.1, 0.15) is 0 Å². The van der Waals surface area contributed by atoms with Gasteiger partial charge in [0.2, 0.25) is 5.91 Å². The Hall–Kier alpha value is -1.60. The van der Waals surface area contributed by atoms with Crippen LogP contribution in [-0.4, -0.2) is 49.7 Å². The van der Waals surface area contributed by atoms with Gasteiger partial charge in [-0.3, -0.25) is 4.79 Å². The van der Waals surface area contributed by atoms with Gasteiger partial charge in [-0.25, -0.2) is 4.79 Å². The molecule has 1 aliphatic heterocycles. The highest BCUT2D eigenvalue weighted by Crippen LogP contribution is 2.22. The first-order valence-electron chi connectivity index (χ1n) is 9.18. The summed E-state index contributed by atoms with van der Waals surface area (Å²) < 4.78 is 6.23. The highest BCUT2D eigenvalue weighted by molar-refractivity contribution is 9.10. The van der Waals surface area contributed by atoms with E-state index in [0.29, 0.717) is 45.7 Å². The molecule has 1 fully saturated rings. The van der Waals surface area contributed by atoms with Crippen LogP contribution in [0.2, 0.25) is 0 Å². The molecule has 0 bridgehead atoms. The fourth-order valence-corrected chi connectivity index (χ4v) is 3.27. The van der Waals surface area contributed by atoms with Crippen molar-refractivity contribution in [2.45, 2.75) is 33.1 Å². The fraction of sp³-hybridized carbons (Fsp3) is 0.579. The van der Waals surface area contributed by atoms with Crippen LogP contribution in [0.5, 0.6) is 0 Å². The lowest BCUT2D eigenvalue weighted by molar-refractivity contribution is -0.126. The van der Waals surface area contributed by atoms with Gasteiger partial charge >= 0.3 is 6.03 Å². The molecule has 26 heavy (non-hydrogen) atoms. The third kappa shape index (κ3) is 6.29. The molecule has 2 rings (SSSR count). The number of amides is 3. The number of rotatable bonds is 7. The van der Waals surface area contributed by atoms with E-state index in [-0.39, 0.29) is 17.9 Å². The van der Waals surface area contributed by atoms with Crippen LogP contribution in [0, 0.1) is 12.8 Å². The molecule has 1 aromatic rings. The summed E-state index contributed by atoms with van der Waals surface area (Å²) in [5.74, 6) is 0.0729. The zero-order chi connectivity index (χ0) is 18.9. The predicted octanol–water partition coefficient (Wildman–Crippen LogP) is 3.54. The minimum absolute atomic E-state index is 0.0142. The number of likely N-dealkylation sites (tertiary alicyclic amines) is 1. The van der Waals surface area contributed by atoms with E-state index in [4.69, 9.17) is 4.74 Å². The van der Waals surface area contributed by atoms with Crippen molar-refractivity contribution in [3.8, 4) is 0 Å². The molecule has 1 aromatic carbocycles. The van der Waals surface area contributed by atoms with Crippen molar-refractivity contribution in [2.24, 2.45) is 5.92 Å². The number of carbonyl (C=O) groups is 2. The third-order valence-electron chi connectivity index (χ3n) is 4.54. The summed E-state index contributed by atoms with van der Waals surface area (Å²) in [5.41, 5.74) is 1.89. The highest BCUT2D eigenvalue weighted by atomic mass is 79.9. The minimum atomic E-state index is -0.115. The second kappa shape index (κ2) is 10.5. The van der Waals surface area contributed by atoms with E-state index in [9.17, 15) is 9.59 Å². The number of nitrogens with zero attached hydrogens (tertiary/aromatic N) is 1. The number of hydrogen-bond acceptors (Lipinski definition) is 3. The number of nitrogens with one attached hydrogen (secondary N) is 2. The standard InChI is InChI=1S/C19H28BrN3O3/c1-3-26-12-4-9-21-18(24)15-7-10-23(11-8-15)19(25)22-16-6-5-14(2)17(20)13-16/h5-6,13,15H,3-4,7-12H2,1-2H3,(H,21,24)(H,22,25). The van der Waals surface area contributed by atoms with Gasteiger partial charge in [-0.15, -0.1) is 0 Å². The molecule has 1 saturated heterocycles. The van der Waals surface area contributed by atoms with E-state index in [0.717, 1.165) is 22.1 Å². The number of ether oxygens (including phenoxy) is 1. The smallest absolute Gasteiger partial charge is 0.321 e. The lowest BCUT2D eigenvalue weighted by Gasteiger charge is -2.31. The minimum Gasteiger partial charge on any atom is -0.382 e. The first-order chi connectivity index (χ1) is 12.5. The number of benzene rings is 1. The number of carbonyl (C=O) groups excluding carboxylic acids is 2. The van der Waals surface area contributed by atoms with Crippen molar-refractivity contribution in [1.82, 2.24) is 10.2 Å². The third-order valence-corrected chi connectivity index (χ3v) is 5.40. The van der Waals surface area contributed by atoms with Gasteiger partial charge in [-0.2, -0.15) is 0 Å². The Balaban J connectivity index is 1.72. The van der Waals surface area contributed by atoms with Crippen LogP contribution < -0.4 is 10.6 Å². The molecule has 3 amide bonds. The second-order valence-electron chi connectivity index (χ2n) is 6.50. The van der Waals surface area contributed by atoms with Crippen molar-refractivity contribution >= 4 is 33.6 Å². The molecule has 0 radical (unpaired) electrons. The van der Waals surface area contributed by atoms with E-state index in [1.165, 1.54) is 0 Å². The number of aryl methyl sites for hydroxylation is 1. The SMILES string of the molecule is CCOCCCNC(=O)C1CCN(C(=O)Nc2ccc(C)c(Br)c2)CC1. The molecule has 0 atom stereocenters. The number of urea groups is 1. The zero-order valence-corrected chi connectivity index (χ0v) is 17.1. The maximum atomic E-state index is 12.4. The summed E-state index contributed by atoms with van der Waals surface area (Å²) >= 11 is 3.47. The molecule has 0 spiro atoms. The van der Waals surface area contributed by atoms with Crippen molar-refractivity contribution in [3.63, 3.8) is 0 Å². The maximum absolute atomic E-state index is 12.4. The predicted molar refractivity (Wildman–Crippen MR) is 106 cm³/mol. The topological polar surface area (TPSA) is 70.7 Å². The summed E-state index contributed by atoms with van der Waals surface area (Å²) in [7, 11) is 0. The Bertz CT molecular complexity index is 616. The summed E-state index contributed by atoms with van der Waals surface area (Å²) in [6.45, 7) is 7.16. The average Bonchev–Trinajstić information content (AvgIpc) is 2.64. The lowest BCUT2D eigenvalue weighted by Crippen LogP contribution is -2.44. The maximum Gasteiger partial charge on any atom is 0.321 e. The Morgan fingerprint density at radius 2 is 2.04 bits per heavy atom. The molecule has 1 aliphatic rings. The second-order valence-corrected chi connectivity index (χ2v) is 7.35. The highest BCUT2D eigenvalue weighted by Gasteiger charge is 2.27. The molecule has 2 N–H and O–H groups in total. The van der Waals surface area contributed by atoms with Gasteiger partial charge in [0.15, 0.2) is 0 Å². The first-order valence-corrected chi connectivity index (χ1v) is 9.98. The van der Waals surface area contributed by atoms with Crippen molar-refractivity contribution in [1.29, 1.82) is 0 Å². The first kappa shape index (κ1) is 20.7. The van der Waals surface area contributed by atoms with E-state index < -0.39 is 0 Å². The van der Waals surface area contributed by atoms with E-state index in [1.54, 1.807) is 4.90 Å². The number of piperidine rings is 1. The largest absolute Gasteiger partial charge is 0.382 e. The Morgan fingerprint density at radius 1 is 1.31 bits per heavy atom. The van der Waals surface area contributed by atoms with Crippen LogP contribution in [0.15, 0.2) is 22.7 Å². The molecule has 0 saturated carbocycles. The van der Waals surface area contributed by atoms with E-state index in [1.807, 2.05) is 32.0 Å². The number of anilines is 1. The van der Waals surface area contributed by atoms with Crippen LogP contribution >= 0.6 is 15.9 Å². The van der Waals surface area contributed by atoms with Crippen molar-refractivity contribution in [3.05, 3.63) is 28.2 Å². The van der Waals surface area contributed by atoms with Crippen molar-refractivity contribution < 1.29 is 14.3 Å². The molecule has 0 aliphatic carbocycles. The van der Waals surface area contributed by atoms with Gasteiger partial charge in [-0.05, 0) is 50.8 Å². The van der Waals surface area contributed by atoms with Crippen LogP contribution in [0.1, 0.15) is 31.7 Å². The summed E-state index contributed by atoms with van der Waals surface area (Å²) in [6.07, 6.45) is 2.22. The van der Waals surface area contributed by atoms with E-state index in [2.05, 4.69) is 26.6 Å². The van der Waals surface area contributed by atoms with Gasteiger partial charge in [0, 0.05) is 48.9 Å². The fourth-order valence-electron chi connectivity index (χ4n) is 2.89.